The van der Waals surface area contributed by atoms with Gasteiger partial charge in [0.2, 0.25) is 0 Å². The molecule has 1 saturated carbocycles. The molecule has 2 aliphatic rings. The number of rotatable bonds is 6. The molecule has 2 rings (SSSR count). The lowest BCUT2D eigenvalue weighted by molar-refractivity contribution is 0.0541. The van der Waals surface area contributed by atoms with Crippen LogP contribution in [-0.4, -0.2) is 54.8 Å². The topological polar surface area (TPSA) is 41.6 Å². The van der Waals surface area contributed by atoms with E-state index in [-0.39, 0.29) is 6.03 Å². The minimum Gasteiger partial charge on any atom is -0.382 e. The number of ether oxygens (including phenoxy) is 1. The largest absolute Gasteiger partial charge is 0.382 e. The SMILES string of the molecule is CCOCCC1(CNC(=O)N2CCSCC[C@H]2C)CCC1. The van der Waals surface area contributed by atoms with E-state index < -0.39 is 0 Å². The summed E-state index contributed by atoms with van der Waals surface area (Å²) in [4.78, 5) is 14.5. The van der Waals surface area contributed by atoms with Crippen molar-refractivity contribution in [2.24, 2.45) is 5.41 Å². The first-order valence-corrected chi connectivity index (χ1v) is 9.52. The van der Waals surface area contributed by atoms with Crippen molar-refractivity contribution >= 4 is 17.8 Å². The van der Waals surface area contributed by atoms with Crippen molar-refractivity contribution in [3.05, 3.63) is 0 Å². The molecule has 1 N–H and O–H groups in total. The summed E-state index contributed by atoms with van der Waals surface area (Å²) < 4.78 is 5.50. The second-order valence-corrected chi connectivity index (χ2v) is 7.63. The fourth-order valence-corrected chi connectivity index (χ4v) is 4.22. The molecule has 0 bridgehead atoms. The van der Waals surface area contributed by atoms with Gasteiger partial charge in [0.05, 0.1) is 0 Å². The fraction of sp³-hybridized carbons (Fsp3) is 0.938. The van der Waals surface area contributed by atoms with Crippen LogP contribution in [0.15, 0.2) is 0 Å². The molecule has 0 aromatic rings. The minimum absolute atomic E-state index is 0.132. The fourth-order valence-electron chi connectivity index (χ4n) is 3.19. The third kappa shape index (κ3) is 4.78. The lowest BCUT2D eigenvalue weighted by Crippen LogP contribution is -2.50. The van der Waals surface area contributed by atoms with E-state index in [1.54, 1.807) is 0 Å². The van der Waals surface area contributed by atoms with Crippen LogP contribution < -0.4 is 5.32 Å². The van der Waals surface area contributed by atoms with Crippen molar-refractivity contribution < 1.29 is 9.53 Å². The summed E-state index contributed by atoms with van der Waals surface area (Å²) in [5.74, 6) is 2.23. The molecule has 0 spiro atoms. The van der Waals surface area contributed by atoms with Crippen molar-refractivity contribution in [1.29, 1.82) is 0 Å². The van der Waals surface area contributed by atoms with E-state index >= 15 is 0 Å². The summed E-state index contributed by atoms with van der Waals surface area (Å²) in [5.41, 5.74) is 0.300. The lowest BCUT2D eigenvalue weighted by Gasteiger charge is -2.42. The maximum absolute atomic E-state index is 12.5. The molecule has 0 radical (unpaired) electrons. The monoisotopic (exact) mass is 314 g/mol. The number of amides is 2. The molecule has 1 aliphatic heterocycles. The normalized spacial score (nSPS) is 25.0. The van der Waals surface area contributed by atoms with Gasteiger partial charge in [-0.1, -0.05) is 6.42 Å². The maximum atomic E-state index is 12.5. The number of thioether (sulfide) groups is 1. The number of hydrogen-bond acceptors (Lipinski definition) is 3. The molecule has 0 unspecified atom stereocenters. The Balaban J connectivity index is 1.78. The summed E-state index contributed by atoms with van der Waals surface area (Å²) in [7, 11) is 0. The highest BCUT2D eigenvalue weighted by Crippen LogP contribution is 2.43. The summed E-state index contributed by atoms with van der Waals surface area (Å²) in [6.07, 6.45) is 5.93. The minimum atomic E-state index is 0.132. The van der Waals surface area contributed by atoms with Gasteiger partial charge in [-0.05, 0) is 50.7 Å². The molecule has 1 heterocycles. The summed E-state index contributed by atoms with van der Waals surface area (Å²) >= 11 is 1.96. The predicted molar refractivity (Wildman–Crippen MR) is 88.9 cm³/mol. The maximum Gasteiger partial charge on any atom is 0.317 e. The quantitative estimate of drug-likeness (QED) is 0.766. The van der Waals surface area contributed by atoms with Crippen LogP contribution in [0.2, 0.25) is 0 Å². The van der Waals surface area contributed by atoms with Gasteiger partial charge in [-0.15, -0.1) is 0 Å². The van der Waals surface area contributed by atoms with Gasteiger partial charge in [-0.3, -0.25) is 0 Å². The first kappa shape index (κ1) is 16.9. The molecule has 21 heavy (non-hydrogen) atoms. The Morgan fingerprint density at radius 1 is 1.43 bits per heavy atom. The average molecular weight is 314 g/mol. The Kier molecular flexibility index (Phi) is 6.68. The second-order valence-electron chi connectivity index (χ2n) is 6.40. The Bertz CT molecular complexity index is 334. The highest BCUT2D eigenvalue weighted by atomic mass is 32.2. The van der Waals surface area contributed by atoms with Gasteiger partial charge in [0.15, 0.2) is 0 Å². The van der Waals surface area contributed by atoms with Crippen LogP contribution in [0.25, 0.3) is 0 Å². The summed E-state index contributed by atoms with van der Waals surface area (Å²) in [6, 6.07) is 0.494. The highest BCUT2D eigenvalue weighted by Gasteiger charge is 2.37. The number of hydrogen-bond donors (Lipinski definition) is 1. The number of carbonyl (C=O) groups excluding carboxylic acids is 1. The van der Waals surface area contributed by atoms with Gasteiger partial charge < -0.3 is 15.0 Å². The molecule has 2 amide bonds. The Labute approximate surface area is 133 Å². The zero-order chi connectivity index (χ0) is 15.1. The van der Waals surface area contributed by atoms with Crippen LogP contribution in [0, 0.1) is 5.41 Å². The van der Waals surface area contributed by atoms with E-state index in [2.05, 4.69) is 12.2 Å². The Morgan fingerprint density at radius 2 is 2.24 bits per heavy atom. The number of nitrogens with zero attached hydrogens (tertiary/aromatic N) is 1. The van der Waals surface area contributed by atoms with Crippen molar-refractivity contribution in [3.63, 3.8) is 0 Å². The van der Waals surface area contributed by atoms with Crippen molar-refractivity contribution in [1.82, 2.24) is 10.2 Å². The molecule has 1 saturated heterocycles. The molecule has 1 aliphatic carbocycles. The van der Waals surface area contributed by atoms with Gasteiger partial charge >= 0.3 is 6.03 Å². The predicted octanol–water partition coefficient (Wildman–Crippen LogP) is 3.12. The third-order valence-electron chi connectivity index (χ3n) is 4.96. The van der Waals surface area contributed by atoms with Crippen molar-refractivity contribution in [3.8, 4) is 0 Å². The first-order valence-electron chi connectivity index (χ1n) is 8.37. The molecule has 1 atom stereocenters. The standard InChI is InChI=1S/C16H30N2O2S/c1-3-20-10-8-16(6-4-7-16)13-17-15(19)18-9-12-21-11-5-14(18)2/h14H,3-13H2,1-2H3,(H,17,19)/t14-/m1/s1. The van der Waals surface area contributed by atoms with Crippen LogP contribution >= 0.6 is 11.8 Å². The van der Waals surface area contributed by atoms with E-state index in [0.29, 0.717) is 11.5 Å². The zero-order valence-electron chi connectivity index (χ0n) is 13.5. The second kappa shape index (κ2) is 8.28. The molecular weight excluding hydrogens is 284 g/mol. The molecule has 122 valence electrons. The molecular formula is C16H30N2O2S. The first-order chi connectivity index (χ1) is 10.2. The lowest BCUT2D eigenvalue weighted by atomic mass is 9.67. The van der Waals surface area contributed by atoms with E-state index in [4.69, 9.17) is 4.74 Å². The van der Waals surface area contributed by atoms with Gasteiger partial charge in [0, 0.05) is 38.1 Å². The van der Waals surface area contributed by atoms with Crippen LogP contribution in [-0.2, 0) is 4.74 Å². The summed E-state index contributed by atoms with van der Waals surface area (Å²) in [6.45, 7) is 7.50. The van der Waals surface area contributed by atoms with Crippen molar-refractivity contribution in [2.75, 3.05) is 37.8 Å². The molecule has 0 aromatic heterocycles. The van der Waals surface area contributed by atoms with Crippen LogP contribution in [0.4, 0.5) is 4.79 Å². The zero-order valence-corrected chi connectivity index (χ0v) is 14.3. The molecule has 5 heteroatoms. The Morgan fingerprint density at radius 3 is 2.90 bits per heavy atom. The summed E-state index contributed by atoms with van der Waals surface area (Å²) in [5, 5.41) is 3.20. The van der Waals surface area contributed by atoms with Crippen LogP contribution in [0.5, 0.6) is 0 Å². The van der Waals surface area contributed by atoms with E-state index in [9.17, 15) is 4.79 Å². The van der Waals surface area contributed by atoms with Crippen LogP contribution in [0.3, 0.4) is 0 Å². The van der Waals surface area contributed by atoms with Crippen molar-refractivity contribution in [2.45, 2.75) is 52.0 Å². The molecule has 0 aromatic carbocycles. The average Bonchev–Trinajstić information content (AvgIpc) is 2.65. The number of nitrogens with one attached hydrogen (secondary N) is 1. The van der Waals surface area contributed by atoms with Gasteiger partial charge in [0.25, 0.3) is 0 Å². The third-order valence-corrected chi connectivity index (χ3v) is 5.95. The number of urea groups is 1. The van der Waals surface area contributed by atoms with Gasteiger partial charge in [-0.2, -0.15) is 11.8 Å². The smallest absolute Gasteiger partial charge is 0.317 e. The molecule has 4 nitrogen and oxygen atoms in total. The van der Waals surface area contributed by atoms with E-state index in [0.717, 1.165) is 44.9 Å². The van der Waals surface area contributed by atoms with E-state index in [1.165, 1.54) is 25.0 Å². The van der Waals surface area contributed by atoms with Gasteiger partial charge in [0.1, 0.15) is 0 Å². The molecule has 2 fully saturated rings. The van der Waals surface area contributed by atoms with Crippen LogP contribution in [0.1, 0.15) is 46.0 Å². The highest BCUT2D eigenvalue weighted by molar-refractivity contribution is 7.99. The van der Waals surface area contributed by atoms with Gasteiger partial charge in [-0.25, -0.2) is 4.79 Å². The van der Waals surface area contributed by atoms with E-state index in [1.807, 2.05) is 23.6 Å². The number of carbonyl (C=O) groups is 1. The Hall–Kier alpha value is -0.420.